The van der Waals surface area contributed by atoms with Crippen LogP contribution in [0.15, 0.2) is 60.7 Å². The molecule has 0 atom stereocenters. The van der Waals surface area contributed by atoms with Gasteiger partial charge in [0.1, 0.15) is 5.41 Å². The van der Waals surface area contributed by atoms with E-state index in [0.717, 1.165) is 11.1 Å². The van der Waals surface area contributed by atoms with Gasteiger partial charge in [0, 0.05) is 12.8 Å². The number of nitrogens with two attached hydrogens (primary N) is 1. The summed E-state index contributed by atoms with van der Waals surface area (Å²) < 4.78 is 0. The Morgan fingerprint density at radius 3 is 1.76 bits per heavy atom. The molecular formula is C17H17N3O. The number of carbonyl (C=O) groups excluding carboxylic acids is 1. The van der Waals surface area contributed by atoms with Gasteiger partial charge >= 0.3 is 0 Å². The lowest BCUT2D eigenvalue weighted by Crippen LogP contribution is -2.46. The average molecular weight is 279 g/mol. The van der Waals surface area contributed by atoms with Gasteiger partial charge in [0.15, 0.2) is 0 Å². The molecule has 0 aliphatic carbocycles. The first-order chi connectivity index (χ1) is 10.2. The van der Waals surface area contributed by atoms with Crippen LogP contribution in [0, 0.1) is 16.7 Å². The lowest BCUT2D eigenvalue weighted by molar-refractivity contribution is -0.128. The molecule has 0 aliphatic heterocycles. The van der Waals surface area contributed by atoms with Crippen LogP contribution in [0.3, 0.4) is 0 Å². The van der Waals surface area contributed by atoms with E-state index in [0.29, 0.717) is 12.8 Å². The standard InChI is InChI=1S/C17H17N3O/c18-13-17(16(21)20-19,11-14-7-3-1-4-8-14)12-15-9-5-2-6-10-15/h1-10H,11-12,19H2,(H,20,21). The van der Waals surface area contributed by atoms with E-state index in [1.807, 2.05) is 60.7 Å². The van der Waals surface area contributed by atoms with Crippen LogP contribution in [0.1, 0.15) is 11.1 Å². The SMILES string of the molecule is N#CC(Cc1ccccc1)(Cc1ccccc1)C(=O)NN. The normalized spacial score (nSPS) is 10.7. The van der Waals surface area contributed by atoms with Gasteiger partial charge in [0.05, 0.1) is 6.07 Å². The topological polar surface area (TPSA) is 78.9 Å². The number of benzene rings is 2. The van der Waals surface area contributed by atoms with Crippen molar-refractivity contribution in [2.45, 2.75) is 12.8 Å². The highest BCUT2D eigenvalue weighted by Crippen LogP contribution is 2.27. The minimum Gasteiger partial charge on any atom is -0.293 e. The first-order valence-electron chi connectivity index (χ1n) is 6.70. The molecule has 3 N–H and O–H groups in total. The Kier molecular flexibility index (Phi) is 4.70. The third-order valence-electron chi connectivity index (χ3n) is 3.48. The van der Waals surface area contributed by atoms with Crippen molar-refractivity contribution in [3.8, 4) is 6.07 Å². The minimum atomic E-state index is -1.21. The summed E-state index contributed by atoms with van der Waals surface area (Å²) in [5.74, 6) is 4.83. The van der Waals surface area contributed by atoms with E-state index in [4.69, 9.17) is 5.84 Å². The zero-order chi connectivity index (χ0) is 15.1. The highest BCUT2D eigenvalue weighted by molar-refractivity contribution is 5.85. The maximum atomic E-state index is 12.2. The van der Waals surface area contributed by atoms with Crippen molar-refractivity contribution in [3.63, 3.8) is 0 Å². The number of hydrazine groups is 1. The molecule has 0 aliphatic rings. The summed E-state index contributed by atoms with van der Waals surface area (Å²) in [6.07, 6.45) is 0.643. The maximum absolute atomic E-state index is 12.2. The third-order valence-corrected chi connectivity index (χ3v) is 3.48. The van der Waals surface area contributed by atoms with Crippen molar-refractivity contribution < 1.29 is 4.79 Å². The lowest BCUT2D eigenvalue weighted by Gasteiger charge is -2.24. The van der Waals surface area contributed by atoms with Gasteiger partial charge in [0.2, 0.25) is 0 Å². The predicted molar refractivity (Wildman–Crippen MR) is 80.7 cm³/mol. The predicted octanol–water partition coefficient (Wildman–Crippen LogP) is 1.97. The molecule has 0 saturated heterocycles. The Balaban J connectivity index is 2.34. The quantitative estimate of drug-likeness (QED) is 0.499. The summed E-state index contributed by atoms with van der Waals surface area (Å²) in [5.41, 5.74) is 2.78. The van der Waals surface area contributed by atoms with Crippen LogP contribution in [-0.2, 0) is 17.6 Å². The fraction of sp³-hybridized carbons (Fsp3) is 0.176. The molecule has 21 heavy (non-hydrogen) atoms. The zero-order valence-corrected chi connectivity index (χ0v) is 11.6. The molecule has 0 fully saturated rings. The van der Waals surface area contributed by atoms with Gasteiger partial charge in [0.25, 0.3) is 5.91 Å². The van der Waals surface area contributed by atoms with E-state index in [9.17, 15) is 10.1 Å². The van der Waals surface area contributed by atoms with Crippen molar-refractivity contribution in [1.82, 2.24) is 5.43 Å². The largest absolute Gasteiger partial charge is 0.293 e. The van der Waals surface area contributed by atoms with E-state index < -0.39 is 11.3 Å². The Morgan fingerprint density at radius 1 is 1.00 bits per heavy atom. The van der Waals surface area contributed by atoms with Gasteiger partial charge in [-0.15, -0.1) is 0 Å². The van der Waals surface area contributed by atoms with Crippen LogP contribution in [0.2, 0.25) is 0 Å². The molecule has 4 heteroatoms. The van der Waals surface area contributed by atoms with E-state index in [2.05, 4.69) is 11.5 Å². The molecule has 0 bridgehead atoms. The van der Waals surface area contributed by atoms with E-state index in [-0.39, 0.29) is 0 Å². The van der Waals surface area contributed by atoms with Crippen LogP contribution in [0.5, 0.6) is 0 Å². The fourth-order valence-corrected chi connectivity index (χ4v) is 2.38. The van der Waals surface area contributed by atoms with Gasteiger partial charge in [-0.2, -0.15) is 5.26 Å². The number of nitriles is 1. The first kappa shape index (κ1) is 14.8. The molecule has 0 spiro atoms. The summed E-state index contributed by atoms with van der Waals surface area (Å²) in [5, 5.41) is 9.63. The summed E-state index contributed by atoms with van der Waals surface area (Å²) in [7, 11) is 0. The van der Waals surface area contributed by atoms with Gasteiger partial charge in [-0.05, 0) is 11.1 Å². The number of nitrogens with zero attached hydrogens (tertiary/aromatic N) is 1. The summed E-state index contributed by atoms with van der Waals surface area (Å²) >= 11 is 0. The molecule has 2 aromatic rings. The molecule has 1 amide bonds. The van der Waals surface area contributed by atoms with Gasteiger partial charge in [-0.25, -0.2) is 5.84 Å². The molecule has 2 rings (SSSR count). The smallest absolute Gasteiger partial charge is 0.255 e. The molecular weight excluding hydrogens is 262 g/mol. The summed E-state index contributed by atoms with van der Waals surface area (Å²) in [6.45, 7) is 0. The molecule has 2 aromatic carbocycles. The monoisotopic (exact) mass is 279 g/mol. The number of hydrogen-bond donors (Lipinski definition) is 2. The molecule has 0 unspecified atom stereocenters. The fourth-order valence-electron chi connectivity index (χ4n) is 2.38. The number of rotatable bonds is 5. The molecule has 0 radical (unpaired) electrons. The van der Waals surface area contributed by atoms with Crippen LogP contribution in [-0.4, -0.2) is 5.91 Å². The Hall–Kier alpha value is -2.64. The van der Waals surface area contributed by atoms with Crippen LogP contribution < -0.4 is 11.3 Å². The molecule has 0 heterocycles. The van der Waals surface area contributed by atoms with Crippen molar-refractivity contribution >= 4 is 5.91 Å². The third kappa shape index (κ3) is 3.47. The molecule has 0 saturated carbocycles. The number of hydrogen-bond acceptors (Lipinski definition) is 3. The second-order valence-electron chi connectivity index (χ2n) is 4.99. The van der Waals surface area contributed by atoms with E-state index in [1.165, 1.54) is 0 Å². The van der Waals surface area contributed by atoms with E-state index >= 15 is 0 Å². The van der Waals surface area contributed by atoms with Crippen LogP contribution in [0.25, 0.3) is 0 Å². The molecule has 0 aromatic heterocycles. The van der Waals surface area contributed by atoms with Crippen molar-refractivity contribution in [3.05, 3.63) is 71.8 Å². The molecule has 4 nitrogen and oxygen atoms in total. The summed E-state index contributed by atoms with van der Waals surface area (Å²) in [4.78, 5) is 12.2. The Bertz CT molecular complexity index is 591. The second-order valence-corrected chi connectivity index (χ2v) is 4.99. The zero-order valence-electron chi connectivity index (χ0n) is 11.6. The van der Waals surface area contributed by atoms with Gasteiger partial charge in [-0.3, -0.25) is 10.2 Å². The van der Waals surface area contributed by atoms with Gasteiger partial charge < -0.3 is 0 Å². The summed E-state index contributed by atoms with van der Waals surface area (Å²) in [6, 6.07) is 21.1. The van der Waals surface area contributed by atoms with Crippen molar-refractivity contribution in [2.75, 3.05) is 0 Å². The first-order valence-corrected chi connectivity index (χ1v) is 6.70. The van der Waals surface area contributed by atoms with Crippen LogP contribution >= 0.6 is 0 Å². The lowest BCUT2D eigenvalue weighted by atomic mass is 9.77. The minimum absolute atomic E-state index is 0.322. The number of amides is 1. The second kappa shape index (κ2) is 6.69. The van der Waals surface area contributed by atoms with Crippen molar-refractivity contribution in [2.24, 2.45) is 11.3 Å². The average Bonchev–Trinajstić information content (AvgIpc) is 2.55. The number of nitrogens with one attached hydrogen (secondary N) is 1. The highest BCUT2D eigenvalue weighted by atomic mass is 16.2. The Morgan fingerprint density at radius 2 is 1.43 bits per heavy atom. The van der Waals surface area contributed by atoms with Crippen LogP contribution in [0.4, 0.5) is 0 Å². The highest BCUT2D eigenvalue weighted by Gasteiger charge is 2.38. The molecule has 106 valence electrons. The van der Waals surface area contributed by atoms with E-state index in [1.54, 1.807) is 0 Å². The maximum Gasteiger partial charge on any atom is 0.255 e. The van der Waals surface area contributed by atoms with Crippen molar-refractivity contribution in [1.29, 1.82) is 5.26 Å². The van der Waals surface area contributed by atoms with Gasteiger partial charge in [-0.1, -0.05) is 60.7 Å². The number of carbonyl (C=O) groups is 1. The Labute approximate surface area is 124 Å².